The summed E-state index contributed by atoms with van der Waals surface area (Å²) in [5.74, 6) is 0. The zero-order valence-electron chi connectivity index (χ0n) is 11.2. The SMILES string of the molecule is CCCCN(CC)CC(C)(CN)CCC. The standard InChI is InChI=1S/C13H30N2/c1-5-8-10-15(7-3)12-13(4,11-14)9-6-2/h5-12,14H2,1-4H3. The maximum atomic E-state index is 5.90. The van der Waals surface area contributed by atoms with Crippen LogP contribution in [0.15, 0.2) is 0 Å². The molecule has 1 unspecified atom stereocenters. The van der Waals surface area contributed by atoms with Crippen LogP contribution >= 0.6 is 0 Å². The first-order valence-corrected chi connectivity index (χ1v) is 6.54. The van der Waals surface area contributed by atoms with Crippen LogP contribution in [0.25, 0.3) is 0 Å². The number of nitrogens with zero attached hydrogens (tertiary/aromatic N) is 1. The molecule has 1 atom stereocenters. The first kappa shape index (κ1) is 14.9. The topological polar surface area (TPSA) is 29.3 Å². The normalized spacial score (nSPS) is 15.6. The fourth-order valence-electron chi connectivity index (χ4n) is 2.12. The van der Waals surface area contributed by atoms with Crippen LogP contribution in [0.3, 0.4) is 0 Å². The number of hydrogen-bond donors (Lipinski definition) is 1. The van der Waals surface area contributed by atoms with Gasteiger partial charge in [0, 0.05) is 6.54 Å². The van der Waals surface area contributed by atoms with Crippen molar-refractivity contribution in [3.05, 3.63) is 0 Å². The van der Waals surface area contributed by atoms with E-state index in [4.69, 9.17) is 5.73 Å². The van der Waals surface area contributed by atoms with E-state index in [2.05, 4.69) is 32.6 Å². The second kappa shape index (κ2) is 8.12. The van der Waals surface area contributed by atoms with Gasteiger partial charge in [0.1, 0.15) is 0 Å². The summed E-state index contributed by atoms with van der Waals surface area (Å²) < 4.78 is 0. The second-order valence-electron chi connectivity index (χ2n) is 4.99. The van der Waals surface area contributed by atoms with Gasteiger partial charge in [0.2, 0.25) is 0 Å². The molecule has 92 valence electrons. The van der Waals surface area contributed by atoms with Gasteiger partial charge in [-0.05, 0) is 37.9 Å². The molecule has 0 saturated carbocycles. The third-order valence-electron chi connectivity index (χ3n) is 3.23. The molecule has 0 aliphatic heterocycles. The summed E-state index contributed by atoms with van der Waals surface area (Å²) in [5.41, 5.74) is 6.22. The van der Waals surface area contributed by atoms with Gasteiger partial charge in [0.25, 0.3) is 0 Å². The minimum Gasteiger partial charge on any atom is -0.330 e. The molecule has 15 heavy (non-hydrogen) atoms. The summed E-state index contributed by atoms with van der Waals surface area (Å²) in [6, 6.07) is 0. The highest BCUT2D eigenvalue weighted by Gasteiger charge is 2.23. The van der Waals surface area contributed by atoms with Crippen LogP contribution in [0.5, 0.6) is 0 Å². The van der Waals surface area contributed by atoms with E-state index in [0.717, 1.165) is 19.6 Å². The van der Waals surface area contributed by atoms with Crippen molar-refractivity contribution >= 4 is 0 Å². The minimum atomic E-state index is 0.318. The Morgan fingerprint density at radius 1 is 1.13 bits per heavy atom. The Labute approximate surface area is 96.2 Å². The molecule has 0 aliphatic rings. The van der Waals surface area contributed by atoms with E-state index in [0.29, 0.717) is 5.41 Å². The van der Waals surface area contributed by atoms with E-state index in [-0.39, 0.29) is 0 Å². The Bertz CT molecular complexity index is 147. The molecule has 0 aliphatic carbocycles. The van der Waals surface area contributed by atoms with E-state index < -0.39 is 0 Å². The molecule has 2 nitrogen and oxygen atoms in total. The van der Waals surface area contributed by atoms with Crippen LogP contribution in [0, 0.1) is 5.41 Å². The van der Waals surface area contributed by atoms with Crippen molar-refractivity contribution < 1.29 is 0 Å². The predicted octanol–water partition coefficient (Wildman–Crippen LogP) is 2.87. The van der Waals surface area contributed by atoms with Gasteiger partial charge in [-0.3, -0.25) is 0 Å². The number of hydrogen-bond acceptors (Lipinski definition) is 2. The van der Waals surface area contributed by atoms with Crippen molar-refractivity contribution in [1.29, 1.82) is 0 Å². The highest BCUT2D eigenvalue weighted by atomic mass is 15.1. The number of unbranched alkanes of at least 4 members (excludes halogenated alkanes) is 1. The van der Waals surface area contributed by atoms with Gasteiger partial charge in [-0.1, -0.05) is 40.5 Å². The average Bonchev–Trinajstić information content (AvgIpc) is 2.24. The molecule has 2 heteroatoms. The lowest BCUT2D eigenvalue weighted by Gasteiger charge is -2.34. The third-order valence-corrected chi connectivity index (χ3v) is 3.23. The largest absolute Gasteiger partial charge is 0.330 e. The third kappa shape index (κ3) is 6.16. The van der Waals surface area contributed by atoms with Gasteiger partial charge in [0.05, 0.1) is 0 Å². The highest BCUT2D eigenvalue weighted by molar-refractivity contribution is 4.78. The van der Waals surface area contributed by atoms with E-state index in [1.165, 1.54) is 32.2 Å². The molecule has 0 aromatic carbocycles. The van der Waals surface area contributed by atoms with Crippen molar-refractivity contribution in [2.75, 3.05) is 26.2 Å². The van der Waals surface area contributed by atoms with Gasteiger partial charge >= 0.3 is 0 Å². The van der Waals surface area contributed by atoms with Crippen LogP contribution < -0.4 is 5.73 Å². The lowest BCUT2D eigenvalue weighted by atomic mass is 9.85. The number of rotatable bonds is 9. The molecule has 0 saturated heterocycles. The van der Waals surface area contributed by atoms with Gasteiger partial charge in [0.15, 0.2) is 0 Å². The van der Waals surface area contributed by atoms with Gasteiger partial charge in [-0.25, -0.2) is 0 Å². The summed E-state index contributed by atoms with van der Waals surface area (Å²) in [6.07, 6.45) is 5.06. The molecular weight excluding hydrogens is 184 g/mol. The molecule has 0 fully saturated rings. The smallest absolute Gasteiger partial charge is 0.00473 e. The lowest BCUT2D eigenvalue weighted by Crippen LogP contribution is -2.41. The molecule has 0 aromatic rings. The van der Waals surface area contributed by atoms with Crippen LogP contribution in [0.2, 0.25) is 0 Å². The van der Waals surface area contributed by atoms with Crippen molar-refractivity contribution in [1.82, 2.24) is 4.90 Å². The summed E-state index contributed by atoms with van der Waals surface area (Å²) in [4.78, 5) is 2.55. The average molecular weight is 214 g/mol. The van der Waals surface area contributed by atoms with Crippen molar-refractivity contribution in [2.24, 2.45) is 11.1 Å². The van der Waals surface area contributed by atoms with Gasteiger partial charge in [-0.15, -0.1) is 0 Å². The molecule has 0 aromatic heterocycles. The first-order chi connectivity index (χ1) is 7.11. The zero-order valence-corrected chi connectivity index (χ0v) is 11.2. The van der Waals surface area contributed by atoms with E-state index >= 15 is 0 Å². The fourth-order valence-corrected chi connectivity index (χ4v) is 2.12. The molecule has 2 N–H and O–H groups in total. The van der Waals surface area contributed by atoms with Crippen LogP contribution in [-0.2, 0) is 0 Å². The number of nitrogens with two attached hydrogens (primary N) is 1. The van der Waals surface area contributed by atoms with Crippen molar-refractivity contribution in [3.8, 4) is 0 Å². The van der Waals surface area contributed by atoms with E-state index in [1.54, 1.807) is 0 Å². The minimum absolute atomic E-state index is 0.318. The molecule has 0 heterocycles. The Balaban J connectivity index is 4.09. The van der Waals surface area contributed by atoms with Gasteiger partial charge in [-0.2, -0.15) is 0 Å². The summed E-state index contributed by atoms with van der Waals surface area (Å²) in [6.45, 7) is 13.4. The maximum Gasteiger partial charge on any atom is 0.00473 e. The van der Waals surface area contributed by atoms with Crippen molar-refractivity contribution in [3.63, 3.8) is 0 Å². The second-order valence-corrected chi connectivity index (χ2v) is 4.99. The Kier molecular flexibility index (Phi) is 8.07. The summed E-state index contributed by atoms with van der Waals surface area (Å²) in [5, 5.41) is 0. The Morgan fingerprint density at radius 2 is 1.80 bits per heavy atom. The van der Waals surface area contributed by atoms with E-state index in [1.807, 2.05) is 0 Å². The zero-order chi connectivity index (χ0) is 11.7. The maximum absolute atomic E-state index is 5.90. The first-order valence-electron chi connectivity index (χ1n) is 6.54. The molecule has 0 amide bonds. The molecule has 0 rings (SSSR count). The predicted molar refractivity (Wildman–Crippen MR) is 69.1 cm³/mol. The molecule has 0 radical (unpaired) electrons. The monoisotopic (exact) mass is 214 g/mol. The van der Waals surface area contributed by atoms with E-state index in [9.17, 15) is 0 Å². The molecule has 0 bridgehead atoms. The van der Waals surface area contributed by atoms with Crippen molar-refractivity contribution in [2.45, 2.75) is 53.4 Å². The highest BCUT2D eigenvalue weighted by Crippen LogP contribution is 2.23. The fraction of sp³-hybridized carbons (Fsp3) is 1.00. The summed E-state index contributed by atoms with van der Waals surface area (Å²) in [7, 11) is 0. The lowest BCUT2D eigenvalue weighted by molar-refractivity contribution is 0.162. The Hall–Kier alpha value is -0.0800. The Morgan fingerprint density at radius 3 is 2.20 bits per heavy atom. The van der Waals surface area contributed by atoms with Gasteiger partial charge < -0.3 is 10.6 Å². The van der Waals surface area contributed by atoms with Crippen LogP contribution in [-0.4, -0.2) is 31.1 Å². The van der Waals surface area contributed by atoms with Crippen LogP contribution in [0.1, 0.15) is 53.4 Å². The molecular formula is C13H30N2. The van der Waals surface area contributed by atoms with Crippen LogP contribution in [0.4, 0.5) is 0 Å². The summed E-state index contributed by atoms with van der Waals surface area (Å²) >= 11 is 0. The molecule has 0 spiro atoms. The quantitative estimate of drug-likeness (QED) is 0.639.